The van der Waals surface area contributed by atoms with E-state index in [1.165, 1.54) is 6.08 Å². The molecule has 0 bridgehead atoms. The van der Waals surface area contributed by atoms with Crippen LogP contribution < -0.4 is 0 Å². The van der Waals surface area contributed by atoms with E-state index in [-0.39, 0.29) is 12.7 Å². The van der Waals surface area contributed by atoms with Gasteiger partial charge in [-0.3, -0.25) is 14.4 Å². The fourth-order valence-electron chi connectivity index (χ4n) is 0.777. The number of ketones is 2. The number of carbonyl (C=O) groups is 3. The molecule has 0 atom stereocenters. The first-order chi connectivity index (χ1) is 6.65. The maximum atomic E-state index is 11.3. The number of allylic oxidation sites excluding steroid dienone is 5. The summed E-state index contributed by atoms with van der Waals surface area (Å²) in [6, 6.07) is 0. The summed E-state index contributed by atoms with van der Waals surface area (Å²) in [6.07, 6.45) is 6.08. The van der Waals surface area contributed by atoms with E-state index < -0.39 is 11.6 Å². The number of aldehydes is 1. The number of hydrogen-bond acceptors (Lipinski definition) is 3. The van der Waals surface area contributed by atoms with Crippen LogP contribution in [0, 0.1) is 0 Å². The number of Topliss-reactive ketones (excluding diaryl/α,β-unsaturated/α-hetero) is 2. The van der Waals surface area contributed by atoms with Crippen LogP contribution in [0.5, 0.6) is 0 Å². The third-order valence-corrected chi connectivity index (χ3v) is 1.48. The van der Waals surface area contributed by atoms with Gasteiger partial charge in [0.1, 0.15) is 0 Å². The minimum Gasteiger partial charge on any atom is -0.295 e. The van der Waals surface area contributed by atoms with Crippen LogP contribution in [0.2, 0.25) is 0 Å². The molecule has 0 aliphatic heterocycles. The van der Waals surface area contributed by atoms with Crippen molar-refractivity contribution in [1.29, 1.82) is 0 Å². The van der Waals surface area contributed by atoms with Gasteiger partial charge in [0.05, 0.1) is 6.42 Å². The van der Waals surface area contributed by atoms with Gasteiger partial charge in [-0.15, -0.1) is 0 Å². The monoisotopic (exact) mass is 192 g/mol. The van der Waals surface area contributed by atoms with E-state index in [1.807, 2.05) is 0 Å². The predicted molar refractivity (Wildman–Crippen MR) is 53.8 cm³/mol. The fourth-order valence-corrected chi connectivity index (χ4v) is 0.777. The molecular weight excluding hydrogens is 180 g/mol. The Morgan fingerprint density at radius 2 is 2.00 bits per heavy atom. The summed E-state index contributed by atoms with van der Waals surface area (Å²) in [7, 11) is 0. The van der Waals surface area contributed by atoms with Crippen molar-refractivity contribution in [3.63, 3.8) is 0 Å². The Bertz CT molecular complexity index is 308. The summed E-state index contributed by atoms with van der Waals surface area (Å²) in [5, 5.41) is 0. The Hall–Kier alpha value is -1.77. The number of rotatable bonds is 6. The lowest BCUT2D eigenvalue weighted by atomic mass is 10.1. The van der Waals surface area contributed by atoms with Crippen LogP contribution in [0.15, 0.2) is 36.5 Å². The van der Waals surface area contributed by atoms with Crippen LogP contribution in [-0.4, -0.2) is 17.9 Å². The first-order valence-corrected chi connectivity index (χ1v) is 4.12. The van der Waals surface area contributed by atoms with Gasteiger partial charge in [-0.25, -0.2) is 0 Å². The van der Waals surface area contributed by atoms with Crippen LogP contribution in [0.1, 0.15) is 13.3 Å². The van der Waals surface area contributed by atoms with Crippen LogP contribution in [0.25, 0.3) is 0 Å². The number of hydrogen-bond donors (Lipinski definition) is 0. The van der Waals surface area contributed by atoms with E-state index in [1.54, 1.807) is 25.2 Å². The van der Waals surface area contributed by atoms with Crippen molar-refractivity contribution in [2.75, 3.05) is 0 Å². The Balaban J connectivity index is 4.55. The van der Waals surface area contributed by atoms with E-state index in [9.17, 15) is 14.4 Å². The summed E-state index contributed by atoms with van der Waals surface area (Å²) in [5.74, 6) is -1.11. The Kier molecular flexibility index (Phi) is 5.87. The second-order valence-corrected chi connectivity index (χ2v) is 2.54. The summed E-state index contributed by atoms with van der Waals surface area (Å²) < 4.78 is 0. The van der Waals surface area contributed by atoms with Crippen molar-refractivity contribution in [1.82, 2.24) is 0 Å². The molecular formula is C11H12O3. The van der Waals surface area contributed by atoms with E-state index >= 15 is 0 Å². The van der Waals surface area contributed by atoms with Crippen LogP contribution >= 0.6 is 0 Å². The first kappa shape index (κ1) is 12.2. The standard InChI is InChI=1S/C11H12O3/c1-3-5-6-9(4-2)11(14)7-10(13)8-12/h3-6,8H,2,7H2,1H3/b5-3-,9-6+. The summed E-state index contributed by atoms with van der Waals surface area (Å²) in [6.45, 7) is 5.25. The van der Waals surface area contributed by atoms with Gasteiger partial charge in [0.2, 0.25) is 5.78 Å². The molecule has 0 saturated carbocycles. The molecule has 3 heteroatoms. The molecule has 0 aromatic carbocycles. The Morgan fingerprint density at radius 3 is 2.43 bits per heavy atom. The van der Waals surface area contributed by atoms with Crippen LogP contribution in [0.3, 0.4) is 0 Å². The molecule has 0 unspecified atom stereocenters. The van der Waals surface area contributed by atoms with Gasteiger partial charge in [0, 0.05) is 5.57 Å². The van der Waals surface area contributed by atoms with Crippen LogP contribution in [-0.2, 0) is 14.4 Å². The van der Waals surface area contributed by atoms with Gasteiger partial charge in [0.15, 0.2) is 12.1 Å². The zero-order valence-corrected chi connectivity index (χ0v) is 8.03. The highest BCUT2D eigenvalue weighted by atomic mass is 16.2. The first-order valence-electron chi connectivity index (χ1n) is 4.12. The lowest BCUT2D eigenvalue weighted by Crippen LogP contribution is -2.09. The molecule has 14 heavy (non-hydrogen) atoms. The molecule has 0 aliphatic rings. The molecule has 0 aliphatic carbocycles. The third kappa shape index (κ3) is 4.30. The average Bonchev–Trinajstić information content (AvgIpc) is 2.18. The lowest BCUT2D eigenvalue weighted by Gasteiger charge is -1.96. The topological polar surface area (TPSA) is 51.2 Å². The van der Waals surface area contributed by atoms with Crippen molar-refractivity contribution in [3.8, 4) is 0 Å². The van der Waals surface area contributed by atoms with Gasteiger partial charge in [-0.2, -0.15) is 0 Å². The molecule has 74 valence electrons. The minimum atomic E-state index is -0.719. The number of carbonyl (C=O) groups excluding carboxylic acids is 3. The molecule has 0 aromatic heterocycles. The molecule has 0 N–H and O–H groups in total. The summed E-state index contributed by atoms with van der Waals surface area (Å²) >= 11 is 0. The third-order valence-electron chi connectivity index (χ3n) is 1.48. The largest absolute Gasteiger partial charge is 0.295 e. The molecule has 0 fully saturated rings. The molecule has 0 spiro atoms. The molecule has 0 saturated heterocycles. The van der Waals surface area contributed by atoms with E-state index in [4.69, 9.17) is 0 Å². The van der Waals surface area contributed by atoms with Gasteiger partial charge in [0.25, 0.3) is 0 Å². The van der Waals surface area contributed by atoms with E-state index in [0.29, 0.717) is 5.57 Å². The van der Waals surface area contributed by atoms with E-state index in [0.717, 1.165) is 0 Å². The highest BCUT2D eigenvalue weighted by molar-refractivity contribution is 6.31. The van der Waals surface area contributed by atoms with Gasteiger partial charge in [-0.05, 0) is 6.92 Å². The molecule has 0 rings (SSSR count). The molecule has 0 radical (unpaired) electrons. The average molecular weight is 192 g/mol. The van der Waals surface area contributed by atoms with Crippen molar-refractivity contribution < 1.29 is 14.4 Å². The van der Waals surface area contributed by atoms with Gasteiger partial charge < -0.3 is 0 Å². The zero-order chi connectivity index (χ0) is 11.0. The van der Waals surface area contributed by atoms with Crippen molar-refractivity contribution >= 4 is 17.9 Å². The van der Waals surface area contributed by atoms with Gasteiger partial charge in [-0.1, -0.05) is 30.9 Å². The smallest absolute Gasteiger partial charge is 0.202 e. The maximum Gasteiger partial charge on any atom is 0.202 e. The molecule has 0 amide bonds. The SMILES string of the molecule is C=C/C(=C\C=C/C)C(=O)CC(=O)C=O. The van der Waals surface area contributed by atoms with Crippen molar-refractivity contribution in [2.24, 2.45) is 0 Å². The lowest BCUT2D eigenvalue weighted by molar-refractivity contribution is -0.132. The summed E-state index contributed by atoms with van der Waals surface area (Å²) in [4.78, 5) is 31.9. The predicted octanol–water partition coefficient (Wildman–Crippen LogP) is 1.40. The molecule has 3 nitrogen and oxygen atoms in total. The van der Waals surface area contributed by atoms with E-state index in [2.05, 4.69) is 6.58 Å². The minimum absolute atomic E-state index is 0.147. The normalized spacial score (nSPS) is 11.4. The van der Waals surface area contributed by atoms with Gasteiger partial charge >= 0.3 is 0 Å². The highest BCUT2D eigenvalue weighted by Gasteiger charge is 2.10. The quantitative estimate of drug-likeness (QED) is 0.210. The summed E-state index contributed by atoms with van der Waals surface area (Å²) in [5.41, 5.74) is 0.332. The maximum absolute atomic E-state index is 11.3. The second kappa shape index (κ2) is 6.71. The van der Waals surface area contributed by atoms with Crippen molar-refractivity contribution in [2.45, 2.75) is 13.3 Å². The molecule has 0 aromatic rings. The van der Waals surface area contributed by atoms with Crippen LogP contribution in [0.4, 0.5) is 0 Å². The van der Waals surface area contributed by atoms with Crippen molar-refractivity contribution in [3.05, 3.63) is 36.5 Å². The molecule has 0 heterocycles. The highest BCUT2D eigenvalue weighted by Crippen LogP contribution is 2.02. The second-order valence-electron chi connectivity index (χ2n) is 2.54. The Labute approximate surface area is 82.8 Å². The zero-order valence-electron chi connectivity index (χ0n) is 8.03. The fraction of sp³-hybridized carbons (Fsp3) is 0.182. The Morgan fingerprint density at radius 1 is 1.36 bits per heavy atom.